The summed E-state index contributed by atoms with van der Waals surface area (Å²) in [7, 11) is -4.38. The van der Waals surface area contributed by atoms with Crippen LogP contribution in [-0.4, -0.2) is 18.1 Å². The number of halogens is 1. The van der Waals surface area contributed by atoms with Gasteiger partial charge in [0.15, 0.2) is 0 Å². The molecule has 0 bridgehead atoms. The van der Waals surface area contributed by atoms with E-state index in [0.29, 0.717) is 21.7 Å². The second kappa shape index (κ2) is 6.15. The fourth-order valence-corrected chi connectivity index (χ4v) is 3.61. The molecule has 2 aromatic carbocycles. The smallest absolute Gasteiger partial charge is 0.276 e. The third kappa shape index (κ3) is 4.05. The van der Waals surface area contributed by atoms with E-state index < -0.39 is 15.4 Å². The molecule has 0 radical (unpaired) electrons. The zero-order valence-electron chi connectivity index (χ0n) is 13.1. The van der Waals surface area contributed by atoms with Crippen molar-refractivity contribution in [2.75, 3.05) is 0 Å². The lowest BCUT2D eigenvalue weighted by Crippen LogP contribution is -2.16. The highest BCUT2D eigenvalue weighted by atomic mass is 35.5. The summed E-state index contributed by atoms with van der Waals surface area (Å²) >= 11 is 5.84. The first-order chi connectivity index (χ1) is 10.5. The highest BCUT2D eigenvalue weighted by Gasteiger charge is 2.29. The van der Waals surface area contributed by atoms with E-state index in [1.54, 1.807) is 30.3 Å². The van der Waals surface area contributed by atoms with Gasteiger partial charge in [-0.05, 0) is 46.4 Å². The summed E-state index contributed by atoms with van der Waals surface area (Å²) in [6, 6.07) is 10.8. The molecule has 0 aliphatic heterocycles. The summed E-state index contributed by atoms with van der Waals surface area (Å²) < 4.78 is 33.5. The molecule has 0 spiro atoms. The zero-order chi connectivity index (χ0) is 17.4. The lowest BCUT2D eigenvalue weighted by Gasteiger charge is -2.23. The van der Waals surface area contributed by atoms with Gasteiger partial charge in [-0.2, -0.15) is 8.42 Å². The molecule has 1 atom stereocenters. The Morgan fingerprint density at radius 1 is 1.00 bits per heavy atom. The molecule has 124 valence electrons. The van der Waals surface area contributed by atoms with Crippen molar-refractivity contribution >= 4 is 21.7 Å². The first-order valence-corrected chi connectivity index (χ1v) is 8.93. The maximum atomic E-state index is 11.9. The molecule has 2 aromatic rings. The average Bonchev–Trinajstić information content (AvgIpc) is 2.40. The van der Waals surface area contributed by atoms with Crippen molar-refractivity contribution in [2.45, 2.75) is 31.4 Å². The molecule has 2 rings (SSSR count). The maximum absolute atomic E-state index is 11.9. The molecule has 4 nitrogen and oxygen atoms in total. The second-order valence-electron chi connectivity index (χ2n) is 6.47. The summed E-state index contributed by atoms with van der Waals surface area (Å²) in [5.74, 6) is 0.0893. The van der Waals surface area contributed by atoms with Gasteiger partial charge in [0.05, 0.1) is 0 Å². The first-order valence-electron chi connectivity index (χ1n) is 7.05. The summed E-state index contributed by atoms with van der Waals surface area (Å²) in [6.07, 6.45) is 0. The van der Waals surface area contributed by atoms with Gasteiger partial charge in [-0.1, -0.05) is 50.6 Å². The van der Waals surface area contributed by atoms with Crippen LogP contribution in [0.25, 0.3) is 0 Å². The molecule has 0 aliphatic rings. The van der Waals surface area contributed by atoms with Crippen LogP contribution in [0.3, 0.4) is 0 Å². The summed E-state index contributed by atoms with van der Waals surface area (Å²) in [5, 5.41) is 9.27. The molecule has 0 heterocycles. The van der Waals surface area contributed by atoms with Crippen LogP contribution in [0.2, 0.25) is 5.02 Å². The van der Waals surface area contributed by atoms with Crippen molar-refractivity contribution in [2.24, 2.45) is 0 Å². The molecule has 0 fully saturated rings. The van der Waals surface area contributed by atoms with Gasteiger partial charge in [-0.3, -0.25) is 4.55 Å². The van der Waals surface area contributed by atoms with Gasteiger partial charge in [0, 0.05) is 5.02 Å². The molecule has 0 amide bonds. The third-order valence-corrected chi connectivity index (χ3v) is 4.99. The number of phenols is 1. The topological polar surface area (TPSA) is 74.6 Å². The Labute approximate surface area is 141 Å². The van der Waals surface area contributed by atoms with E-state index in [9.17, 15) is 18.1 Å². The SMILES string of the molecule is CC(C)(C)c1cc(C(c2ccc(Cl)cc2)S(=O)(=O)O)ccc1O. The number of hydrogen-bond acceptors (Lipinski definition) is 3. The standard InChI is InChI=1S/C17H19ClO4S/c1-17(2,3)14-10-12(6-9-15(14)19)16(23(20,21)22)11-4-7-13(18)8-5-11/h4-10,16,19H,1-3H3,(H,20,21,22). The van der Waals surface area contributed by atoms with E-state index >= 15 is 0 Å². The van der Waals surface area contributed by atoms with E-state index in [2.05, 4.69) is 0 Å². The molecule has 23 heavy (non-hydrogen) atoms. The van der Waals surface area contributed by atoms with Gasteiger partial charge >= 0.3 is 0 Å². The first kappa shape index (κ1) is 17.8. The third-order valence-electron chi connectivity index (χ3n) is 3.60. The van der Waals surface area contributed by atoms with E-state index in [-0.39, 0.29) is 11.2 Å². The van der Waals surface area contributed by atoms with Crippen LogP contribution in [0.1, 0.15) is 42.7 Å². The van der Waals surface area contributed by atoms with Crippen molar-refractivity contribution < 1.29 is 18.1 Å². The van der Waals surface area contributed by atoms with Crippen LogP contribution < -0.4 is 0 Å². The number of benzene rings is 2. The Bertz CT molecular complexity index is 805. The molecule has 0 saturated carbocycles. The summed E-state index contributed by atoms with van der Waals surface area (Å²) in [5.41, 5.74) is 1.03. The van der Waals surface area contributed by atoms with Crippen LogP contribution in [0.5, 0.6) is 5.75 Å². The van der Waals surface area contributed by atoms with E-state index in [0.717, 1.165) is 0 Å². The summed E-state index contributed by atoms with van der Waals surface area (Å²) in [4.78, 5) is 0. The van der Waals surface area contributed by atoms with Crippen molar-refractivity contribution in [3.8, 4) is 5.75 Å². The van der Waals surface area contributed by atoms with Crippen molar-refractivity contribution in [3.05, 3.63) is 64.2 Å². The molecule has 0 saturated heterocycles. The second-order valence-corrected chi connectivity index (χ2v) is 8.41. The molecule has 6 heteroatoms. The Morgan fingerprint density at radius 3 is 2.00 bits per heavy atom. The Morgan fingerprint density at radius 2 is 1.52 bits per heavy atom. The Balaban J connectivity index is 2.65. The van der Waals surface area contributed by atoms with Crippen molar-refractivity contribution in [3.63, 3.8) is 0 Å². The minimum atomic E-state index is -4.38. The highest BCUT2D eigenvalue weighted by Crippen LogP contribution is 2.37. The number of hydrogen-bond donors (Lipinski definition) is 2. The highest BCUT2D eigenvalue weighted by molar-refractivity contribution is 7.86. The fourth-order valence-electron chi connectivity index (χ4n) is 2.49. The lowest BCUT2D eigenvalue weighted by molar-refractivity contribution is 0.445. The van der Waals surface area contributed by atoms with Crippen LogP contribution in [0.15, 0.2) is 42.5 Å². The zero-order valence-corrected chi connectivity index (χ0v) is 14.7. The molecule has 2 N–H and O–H groups in total. The maximum Gasteiger partial charge on any atom is 0.276 e. The molecular formula is C17H19ClO4S. The molecular weight excluding hydrogens is 336 g/mol. The molecule has 1 unspecified atom stereocenters. The van der Waals surface area contributed by atoms with Gasteiger partial charge in [0.1, 0.15) is 11.0 Å². The normalized spacial score (nSPS) is 13.8. The van der Waals surface area contributed by atoms with Crippen LogP contribution in [-0.2, 0) is 15.5 Å². The molecule has 0 aromatic heterocycles. The van der Waals surface area contributed by atoms with Gasteiger partial charge < -0.3 is 5.11 Å². The fraction of sp³-hybridized carbons (Fsp3) is 0.294. The van der Waals surface area contributed by atoms with E-state index in [4.69, 9.17) is 11.6 Å². The van der Waals surface area contributed by atoms with Gasteiger partial charge in [0.25, 0.3) is 10.1 Å². The minimum absolute atomic E-state index is 0.0893. The lowest BCUT2D eigenvalue weighted by atomic mass is 9.84. The largest absolute Gasteiger partial charge is 0.508 e. The Kier molecular flexibility index (Phi) is 4.76. The van der Waals surface area contributed by atoms with Crippen LogP contribution in [0.4, 0.5) is 0 Å². The van der Waals surface area contributed by atoms with Crippen LogP contribution in [0, 0.1) is 0 Å². The van der Waals surface area contributed by atoms with Gasteiger partial charge in [-0.15, -0.1) is 0 Å². The quantitative estimate of drug-likeness (QED) is 0.805. The van der Waals surface area contributed by atoms with Gasteiger partial charge in [-0.25, -0.2) is 0 Å². The van der Waals surface area contributed by atoms with E-state index in [1.165, 1.54) is 12.1 Å². The summed E-state index contributed by atoms with van der Waals surface area (Å²) in [6.45, 7) is 5.74. The van der Waals surface area contributed by atoms with Gasteiger partial charge in [0.2, 0.25) is 0 Å². The number of rotatable bonds is 3. The van der Waals surface area contributed by atoms with Crippen LogP contribution >= 0.6 is 11.6 Å². The molecule has 0 aliphatic carbocycles. The average molecular weight is 355 g/mol. The number of aromatic hydroxyl groups is 1. The Hall–Kier alpha value is -1.56. The predicted octanol–water partition coefficient (Wildman–Crippen LogP) is 4.32. The van der Waals surface area contributed by atoms with Crippen molar-refractivity contribution in [1.82, 2.24) is 0 Å². The number of phenolic OH excluding ortho intramolecular Hbond substituents is 1. The van der Waals surface area contributed by atoms with E-state index in [1.807, 2.05) is 20.8 Å². The minimum Gasteiger partial charge on any atom is -0.508 e. The monoisotopic (exact) mass is 354 g/mol. The van der Waals surface area contributed by atoms with Crippen molar-refractivity contribution in [1.29, 1.82) is 0 Å². The predicted molar refractivity (Wildman–Crippen MR) is 91.7 cm³/mol.